The third-order valence-electron chi connectivity index (χ3n) is 1.97. The van der Waals surface area contributed by atoms with Gasteiger partial charge in [0.1, 0.15) is 6.54 Å². The smallest absolute Gasteiger partial charge is 0.128 e. The minimum Gasteiger partial charge on any atom is -0.258 e. The predicted molar refractivity (Wildman–Crippen MR) is 53.3 cm³/mol. The summed E-state index contributed by atoms with van der Waals surface area (Å²) in [5.41, 5.74) is 2.16. The summed E-state index contributed by atoms with van der Waals surface area (Å²) >= 11 is 0. The van der Waals surface area contributed by atoms with E-state index in [0.717, 1.165) is 11.1 Å². The fourth-order valence-electron chi connectivity index (χ4n) is 1.30. The van der Waals surface area contributed by atoms with Crippen molar-refractivity contribution in [3.05, 3.63) is 42.7 Å². The molecule has 3 heteroatoms. The van der Waals surface area contributed by atoms with E-state index in [9.17, 15) is 0 Å². The molecule has 0 amide bonds. The molecule has 3 nitrogen and oxygen atoms in total. The van der Waals surface area contributed by atoms with Gasteiger partial charge in [-0.05, 0) is 5.56 Å². The summed E-state index contributed by atoms with van der Waals surface area (Å²) in [5.74, 6) is 0. The van der Waals surface area contributed by atoms with Crippen LogP contribution in [-0.4, -0.2) is 9.78 Å². The van der Waals surface area contributed by atoms with Crippen LogP contribution in [0.4, 0.5) is 0 Å². The van der Waals surface area contributed by atoms with Gasteiger partial charge in [-0.2, -0.15) is 10.4 Å². The standard InChI is InChI=1S/C11H9N3/c12-6-7-14-9-11(8-13-14)10-4-2-1-3-5-10/h1-5,8-9H,7H2. The Balaban J connectivity index is 2.31. The van der Waals surface area contributed by atoms with E-state index < -0.39 is 0 Å². The first-order valence-corrected chi connectivity index (χ1v) is 4.35. The van der Waals surface area contributed by atoms with Crippen LogP contribution in [0.25, 0.3) is 11.1 Å². The molecule has 14 heavy (non-hydrogen) atoms. The minimum absolute atomic E-state index is 0.298. The molecule has 0 aliphatic heterocycles. The van der Waals surface area contributed by atoms with E-state index in [0.29, 0.717) is 6.54 Å². The predicted octanol–water partition coefficient (Wildman–Crippen LogP) is 2.07. The Morgan fingerprint density at radius 2 is 2.00 bits per heavy atom. The van der Waals surface area contributed by atoms with Gasteiger partial charge in [-0.25, -0.2) is 0 Å². The van der Waals surface area contributed by atoms with Crippen molar-refractivity contribution in [2.24, 2.45) is 0 Å². The zero-order valence-corrected chi connectivity index (χ0v) is 7.59. The molecule has 0 atom stereocenters. The van der Waals surface area contributed by atoms with Gasteiger partial charge in [-0.1, -0.05) is 30.3 Å². The van der Waals surface area contributed by atoms with Crippen LogP contribution in [0.2, 0.25) is 0 Å². The monoisotopic (exact) mass is 183 g/mol. The lowest BCUT2D eigenvalue weighted by molar-refractivity contribution is 0.710. The van der Waals surface area contributed by atoms with Crippen LogP contribution in [0.5, 0.6) is 0 Å². The maximum Gasteiger partial charge on any atom is 0.128 e. The van der Waals surface area contributed by atoms with E-state index in [4.69, 9.17) is 5.26 Å². The number of nitriles is 1. The molecule has 0 saturated heterocycles. The van der Waals surface area contributed by atoms with Crippen molar-refractivity contribution in [1.82, 2.24) is 9.78 Å². The molecule has 1 aromatic carbocycles. The molecule has 0 saturated carbocycles. The lowest BCUT2D eigenvalue weighted by atomic mass is 10.1. The van der Waals surface area contributed by atoms with Crippen molar-refractivity contribution in [3.63, 3.8) is 0 Å². The van der Waals surface area contributed by atoms with Crippen molar-refractivity contribution in [2.75, 3.05) is 0 Å². The van der Waals surface area contributed by atoms with Gasteiger partial charge >= 0.3 is 0 Å². The fourth-order valence-corrected chi connectivity index (χ4v) is 1.30. The van der Waals surface area contributed by atoms with Crippen molar-refractivity contribution in [1.29, 1.82) is 5.26 Å². The van der Waals surface area contributed by atoms with Gasteiger partial charge in [-0.15, -0.1) is 0 Å². The average molecular weight is 183 g/mol. The third-order valence-corrected chi connectivity index (χ3v) is 1.97. The van der Waals surface area contributed by atoms with E-state index in [1.807, 2.05) is 42.6 Å². The molecule has 2 aromatic rings. The molecule has 2 rings (SSSR count). The van der Waals surface area contributed by atoms with E-state index in [1.54, 1.807) is 10.9 Å². The van der Waals surface area contributed by atoms with Gasteiger partial charge in [0.25, 0.3) is 0 Å². The zero-order chi connectivity index (χ0) is 9.80. The molecular formula is C11H9N3. The normalized spacial score (nSPS) is 9.64. The molecule has 0 bridgehead atoms. The molecule has 0 fully saturated rings. The van der Waals surface area contributed by atoms with Crippen LogP contribution in [-0.2, 0) is 6.54 Å². The number of hydrogen-bond donors (Lipinski definition) is 0. The van der Waals surface area contributed by atoms with Crippen LogP contribution in [0, 0.1) is 11.3 Å². The Morgan fingerprint density at radius 1 is 1.21 bits per heavy atom. The molecule has 0 N–H and O–H groups in total. The number of rotatable bonds is 2. The Morgan fingerprint density at radius 3 is 2.71 bits per heavy atom. The SMILES string of the molecule is N#CCn1cc(-c2ccccc2)cn1. The highest BCUT2D eigenvalue weighted by molar-refractivity contribution is 5.61. The summed E-state index contributed by atoms with van der Waals surface area (Å²) in [4.78, 5) is 0. The first-order chi connectivity index (χ1) is 6.90. The Labute approximate surface area is 82.2 Å². The van der Waals surface area contributed by atoms with Crippen LogP contribution < -0.4 is 0 Å². The van der Waals surface area contributed by atoms with Crippen LogP contribution in [0.3, 0.4) is 0 Å². The van der Waals surface area contributed by atoms with Gasteiger partial charge in [0.2, 0.25) is 0 Å². The number of aromatic nitrogens is 2. The quantitative estimate of drug-likeness (QED) is 0.715. The second kappa shape index (κ2) is 3.75. The molecule has 0 unspecified atom stereocenters. The molecule has 0 aliphatic carbocycles. The molecule has 1 aromatic heterocycles. The van der Waals surface area contributed by atoms with Gasteiger partial charge in [0.05, 0.1) is 12.3 Å². The largest absolute Gasteiger partial charge is 0.258 e. The molecule has 0 radical (unpaired) electrons. The Hall–Kier alpha value is -2.08. The summed E-state index contributed by atoms with van der Waals surface area (Å²) < 4.78 is 1.63. The van der Waals surface area contributed by atoms with Crippen LogP contribution >= 0.6 is 0 Å². The zero-order valence-electron chi connectivity index (χ0n) is 7.59. The van der Waals surface area contributed by atoms with E-state index in [1.165, 1.54) is 0 Å². The number of benzene rings is 1. The summed E-state index contributed by atoms with van der Waals surface area (Å²) in [7, 11) is 0. The van der Waals surface area contributed by atoms with Crippen molar-refractivity contribution < 1.29 is 0 Å². The highest BCUT2D eigenvalue weighted by Crippen LogP contribution is 2.17. The van der Waals surface area contributed by atoms with Crippen molar-refractivity contribution in [2.45, 2.75) is 6.54 Å². The van der Waals surface area contributed by atoms with Gasteiger partial charge in [-0.3, -0.25) is 4.68 Å². The topological polar surface area (TPSA) is 41.6 Å². The summed E-state index contributed by atoms with van der Waals surface area (Å²) in [6, 6.07) is 12.0. The van der Waals surface area contributed by atoms with Gasteiger partial charge in [0, 0.05) is 11.8 Å². The summed E-state index contributed by atoms with van der Waals surface area (Å²) in [6.45, 7) is 0.298. The maximum atomic E-state index is 8.49. The van der Waals surface area contributed by atoms with E-state index >= 15 is 0 Å². The number of nitrogens with zero attached hydrogens (tertiary/aromatic N) is 3. The minimum atomic E-state index is 0.298. The summed E-state index contributed by atoms with van der Waals surface area (Å²) in [5, 5.41) is 12.6. The second-order valence-corrected chi connectivity index (χ2v) is 2.95. The highest BCUT2D eigenvalue weighted by Gasteiger charge is 1.99. The summed E-state index contributed by atoms with van der Waals surface area (Å²) in [6.07, 6.45) is 3.64. The van der Waals surface area contributed by atoms with Crippen LogP contribution in [0.1, 0.15) is 0 Å². The number of hydrogen-bond acceptors (Lipinski definition) is 2. The van der Waals surface area contributed by atoms with Crippen molar-refractivity contribution >= 4 is 0 Å². The average Bonchev–Trinajstić information content (AvgIpc) is 2.68. The second-order valence-electron chi connectivity index (χ2n) is 2.95. The maximum absolute atomic E-state index is 8.49. The third kappa shape index (κ3) is 1.64. The lowest BCUT2D eigenvalue weighted by Crippen LogP contribution is -1.93. The molecular weight excluding hydrogens is 174 g/mol. The van der Waals surface area contributed by atoms with Crippen molar-refractivity contribution in [3.8, 4) is 17.2 Å². The fraction of sp³-hybridized carbons (Fsp3) is 0.0909. The molecule has 68 valence electrons. The molecule has 0 spiro atoms. The Kier molecular flexibility index (Phi) is 2.28. The lowest BCUT2D eigenvalue weighted by Gasteiger charge is -1.94. The van der Waals surface area contributed by atoms with Gasteiger partial charge in [0.15, 0.2) is 0 Å². The van der Waals surface area contributed by atoms with E-state index in [2.05, 4.69) is 5.10 Å². The highest BCUT2D eigenvalue weighted by atomic mass is 15.3. The van der Waals surface area contributed by atoms with Crippen LogP contribution in [0.15, 0.2) is 42.7 Å². The van der Waals surface area contributed by atoms with E-state index in [-0.39, 0.29) is 0 Å². The first-order valence-electron chi connectivity index (χ1n) is 4.35. The van der Waals surface area contributed by atoms with Gasteiger partial charge < -0.3 is 0 Å². The Bertz CT molecular complexity index is 451. The molecule has 0 aliphatic rings. The molecule has 1 heterocycles. The first kappa shape index (κ1) is 8.52.